The minimum Gasteiger partial charge on any atom is -0.443 e. The van der Waals surface area contributed by atoms with E-state index in [0.29, 0.717) is 12.8 Å². The summed E-state index contributed by atoms with van der Waals surface area (Å²) in [7, 11) is 0. The first-order valence-electron chi connectivity index (χ1n) is 13.3. The third-order valence-corrected chi connectivity index (χ3v) is 7.14. The third-order valence-electron chi connectivity index (χ3n) is 7.14. The molecule has 3 saturated heterocycles. The Kier molecular flexibility index (Phi) is 8.51. The summed E-state index contributed by atoms with van der Waals surface area (Å²) in [6.07, 6.45) is 0.471. The van der Waals surface area contributed by atoms with Crippen LogP contribution in [0.5, 0.6) is 0 Å². The molecule has 3 aliphatic rings. The van der Waals surface area contributed by atoms with Crippen LogP contribution < -0.4 is 5.32 Å². The number of nitrogens with one attached hydrogen (secondary N) is 1. The molecular formula is C27H40N4O5. The fourth-order valence-corrected chi connectivity index (χ4v) is 5.41. The molecule has 0 aromatic heterocycles. The molecule has 36 heavy (non-hydrogen) atoms. The molecule has 0 saturated carbocycles. The van der Waals surface area contributed by atoms with E-state index in [0.717, 1.165) is 31.5 Å². The Morgan fingerprint density at radius 2 is 1.69 bits per heavy atom. The summed E-state index contributed by atoms with van der Waals surface area (Å²) in [5.41, 5.74) is 0.863. The van der Waals surface area contributed by atoms with E-state index in [1.165, 1.54) is 5.06 Å². The van der Waals surface area contributed by atoms with Crippen LogP contribution in [0.3, 0.4) is 0 Å². The van der Waals surface area contributed by atoms with Gasteiger partial charge in [0.05, 0.1) is 6.54 Å². The molecule has 4 rings (SSSR count). The average molecular weight is 501 g/mol. The van der Waals surface area contributed by atoms with E-state index in [1.807, 2.05) is 62.9 Å². The quantitative estimate of drug-likeness (QED) is 0.619. The number of piperazine rings is 1. The molecule has 3 fully saturated rings. The number of piperidine rings is 1. The fraction of sp³-hybridized carbons (Fsp3) is 0.667. The van der Waals surface area contributed by atoms with Gasteiger partial charge in [-0.1, -0.05) is 58.0 Å². The van der Waals surface area contributed by atoms with E-state index >= 15 is 0 Å². The highest BCUT2D eigenvalue weighted by Crippen LogP contribution is 2.34. The Labute approximate surface area is 214 Å². The summed E-state index contributed by atoms with van der Waals surface area (Å²) in [5.74, 6) is 0.131. The van der Waals surface area contributed by atoms with Gasteiger partial charge in [0.2, 0.25) is 5.91 Å². The maximum absolute atomic E-state index is 13.8. The van der Waals surface area contributed by atoms with Crippen LogP contribution in [0.4, 0.5) is 4.79 Å². The van der Waals surface area contributed by atoms with Crippen LogP contribution in [0.1, 0.15) is 58.9 Å². The number of rotatable bonds is 7. The number of carbonyl (C=O) groups excluding carboxylic acids is 3. The van der Waals surface area contributed by atoms with Crippen LogP contribution in [0.2, 0.25) is 0 Å². The van der Waals surface area contributed by atoms with Crippen LogP contribution in [0.15, 0.2) is 30.3 Å². The van der Waals surface area contributed by atoms with E-state index in [4.69, 9.17) is 9.57 Å². The predicted octanol–water partition coefficient (Wildman–Crippen LogP) is 3.15. The molecule has 3 heterocycles. The SMILES string of the molecule is CC(C)C[C@H]1ON(C(=O)OCc2ccccc2)C2CN(C3CCNCC3)C(=O)[C@H](CC(C)C)N2C1=O. The van der Waals surface area contributed by atoms with E-state index < -0.39 is 24.4 Å². The highest BCUT2D eigenvalue weighted by Gasteiger charge is 2.54. The van der Waals surface area contributed by atoms with Gasteiger partial charge in [-0.15, -0.1) is 0 Å². The van der Waals surface area contributed by atoms with Gasteiger partial charge in [-0.05, 0) is 56.2 Å². The van der Waals surface area contributed by atoms with Crippen molar-refractivity contribution in [2.75, 3.05) is 19.6 Å². The molecule has 1 N–H and O–H groups in total. The van der Waals surface area contributed by atoms with Crippen LogP contribution >= 0.6 is 0 Å². The van der Waals surface area contributed by atoms with Gasteiger partial charge in [-0.2, -0.15) is 5.06 Å². The molecule has 9 nitrogen and oxygen atoms in total. The zero-order valence-electron chi connectivity index (χ0n) is 21.9. The summed E-state index contributed by atoms with van der Waals surface area (Å²) in [6.45, 7) is 10.1. The van der Waals surface area contributed by atoms with Gasteiger partial charge in [-0.3, -0.25) is 14.4 Å². The molecule has 0 spiro atoms. The van der Waals surface area contributed by atoms with E-state index in [9.17, 15) is 14.4 Å². The number of fused-ring (bicyclic) bond motifs is 1. The number of ether oxygens (including phenoxy) is 1. The number of hydrogen-bond acceptors (Lipinski definition) is 6. The van der Waals surface area contributed by atoms with Crippen LogP contribution in [-0.2, 0) is 25.8 Å². The highest BCUT2D eigenvalue weighted by atomic mass is 16.7. The van der Waals surface area contributed by atoms with Crippen molar-refractivity contribution in [3.05, 3.63) is 35.9 Å². The molecular weight excluding hydrogens is 460 g/mol. The lowest BCUT2D eigenvalue weighted by atomic mass is 9.93. The minimum atomic E-state index is -0.835. The van der Waals surface area contributed by atoms with Gasteiger partial charge < -0.3 is 19.9 Å². The van der Waals surface area contributed by atoms with Crippen molar-refractivity contribution in [1.82, 2.24) is 20.2 Å². The Morgan fingerprint density at radius 3 is 2.33 bits per heavy atom. The number of hydroxylamine groups is 2. The molecule has 1 aromatic carbocycles. The van der Waals surface area contributed by atoms with Crippen LogP contribution in [0.25, 0.3) is 0 Å². The van der Waals surface area contributed by atoms with Gasteiger partial charge >= 0.3 is 6.09 Å². The maximum Gasteiger partial charge on any atom is 0.436 e. The van der Waals surface area contributed by atoms with Crippen LogP contribution in [0, 0.1) is 11.8 Å². The second-order valence-corrected chi connectivity index (χ2v) is 10.9. The molecule has 0 radical (unpaired) electrons. The summed E-state index contributed by atoms with van der Waals surface area (Å²) in [6, 6.07) is 8.90. The molecule has 0 aliphatic carbocycles. The van der Waals surface area contributed by atoms with Gasteiger partial charge in [0.1, 0.15) is 12.6 Å². The van der Waals surface area contributed by atoms with Crippen molar-refractivity contribution >= 4 is 17.9 Å². The first-order valence-corrected chi connectivity index (χ1v) is 13.3. The molecule has 0 bridgehead atoms. The Morgan fingerprint density at radius 1 is 1.03 bits per heavy atom. The zero-order chi connectivity index (χ0) is 25.8. The largest absolute Gasteiger partial charge is 0.443 e. The van der Waals surface area contributed by atoms with E-state index in [1.54, 1.807) is 4.90 Å². The maximum atomic E-state index is 13.8. The Bertz CT molecular complexity index is 918. The lowest BCUT2D eigenvalue weighted by Gasteiger charge is -2.54. The monoisotopic (exact) mass is 500 g/mol. The summed E-state index contributed by atoms with van der Waals surface area (Å²) in [4.78, 5) is 50.5. The number of hydrogen-bond donors (Lipinski definition) is 1. The standard InChI is InChI=1S/C27H40N4O5/c1-18(2)14-22-25(32)29(21-10-12-28-13-11-21)16-24-30(22)26(33)23(15-19(3)4)36-31(24)27(34)35-17-20-8-6-5-7-9-20/h5-9,18-19,21-24,28H,10-17H2,1-4H3/t22-,23+,24?/m0/s1. The van der Waals surface area contributed by atoms with Gasteiger partial charge in [0.15, 0.2) is 12.3 Å². The minimum absolute atomic E-state index is 0.0250. The third kappa shape index (κ3) is 5.83. The lowest BCUT2D eigenvalue weighted by molar-refractivity contribution is -0.270. The van der Waals surface area contributed by atoms with Gasteiger partial charge in [0.25, 0.3) is 5.91 Å². The first kappa shape index (κ1) is 26.4. The number of benzene rings is 1. The molecule has 3 aliphatic heterocycles. The predicted molar refractivity (Wildman–Crippen MR) is 134 cm³/mol. The fourth-order valence-electron chi connectivity index (χ4n) is 5.41. The summed E-state index contributed by atoms with van der Waals surface area (Å²) < 4.78 is 5.64. The number of nitrogens with zero attached hydrogens (tertiary/aromatic N) is 3. The van der Waals surface area contributed by atoms with Crippen molar-refractivity contribution in [3.63, 3.8) is 0 Å². The van der Waals surface area contributed by atoms with Gasteiger partial charge in [0, 0.05) is 6.04 Å². The molecule has 198 valence electrons. The molecule has 9 heteroatoms. The molecule has 3 amide bonds. The van der Waals surface area contributed by atoms with Crippen molar-refractivity contribution < 1.29 is 24.0 Å². The Hall–Kier alpha value is -2.65. The second kappa shape index (κ2) is 11.6. The Balaban J connectivity index is 1.64. The van der Waals surface area contributed by atoms with Crippen molar-refractivity contribution in [1.29, 1.82) is 0 Å². The number of carbonyl (C=O) groups is 3. The van der Waals surface area contributed by atoms with E-state index in [-0.39, 0.29) is 42.8 Å². The average Bonchev–Trinajstić information content (AvgIpc) is 2.86. The molecule has 1 unspecified atom stereocenters. The van der Waals surface area contributed by atoms with E-state index in [2.05, 4.69) is 5.32 Å². The molecule has 3 atom stereocenters. The first-order chi connectivity index (χ1) is 17.3. The van der Waals surface area contributed by atoms with Crippen molar-refractivity contribution in [2.24, 2.45) is 11.8 Å². The number of amides is 3. The summed E-state index contributed by atoms with van der Waals surface area (Å²) in [5, 5.41) is 4.57. The highest BCUT2D eigenvalue weighted by molar-refractivity contribution is 5.92. The normalized spacial score (nSPS) is 25.5. The second-order valence-electron chi connectivity index (χ2n) is 10.9. The molecule has 1 aromatic rings. The lowest BCUT2D eigenvalue weighted by Crippen LogP contribution is -2.74. The van der Waals surface area contributed by atoms with Gasteiger partial charge in [-0.25, -0.2) is 4.79 Å². The van der Waals surface area contributed by atoms with Crippen molar-refractivity contribution in [2.45, 2.75) is 84.3 Å². The van der Waals surface area contributed by atoms with Crippen LogP contribution in [-0.4, -0.2) is 76.8 Å². The van der Waals surface area contributed by atoms with Crippen molar-refractivity contribution in [3.8, 4) is 0 Å². The summed E-state index contributed by atoms with van der Waals surface area (Å²) >= 11 is 0. The zero-order valence-corrected chi connectivity index (χ0v) is 21.9. The topological polar surface area (TPSA) is 91.4 Å². The smallest absolute Gasteiger partial charge is 0.436 e.